The molecule has 1 aliphatic rings. The van der Waals surface area contributed by atoms with E-state index in [-0.39, 0.29) is 5.91 Å². The molecule has 1 N–H and O–H groups in total. The van der Waals surface area contributed by atoms with E-state index < -0.39 is 0 Å². The molecule has 1 amide bonds. The highest BCUT2D eigenvalue weighted by atomic mass is 16.5. The fourth-order valence-electron chi connectivity index (χ4n) is 1.75. The molecule has 0 spiro atoms. The molecule has 5 nitrogen and oxygen atoms in total. The van der Waals surface area contributed by atoms with Crippen molar-refractivity contribution in [1.29, 1.82) is 0 Å². The van der Waals surface area contributed by atoms with Crippen LogP contribution in [0.5, 0.6) is 0 Å². The fraction of sp³-hybridized carbons (Fsp3) is 0.500. The summed E-state index contributed by atoms with van der Waals surface area (Å²) in [5.74, 6) is 0.190. The van der Waals surface area contributed by atoms with Crippen LogP contribution in [0.15, 0.2) is 24.5 Å². The van der Waals surface area contributed by atoms with Gasteiger partial charge in [-0.05, 0) is 12.1 Å². The van der Waals surface area contributed by atoms with Crippen molar-refractivity contribution in [3.63, 3.8) is 0 Å². The largest absolute Gasteiger partial charge is 0.384 e. The Morgan fingerprint density at radius 2 is 2.06 bits per heavy atom. The van der Waals surface area contributed by atoms with Crippen molar-refractivity contribution in [2.45, 2.75) is 6.42 Å². The lowest BCUT2D eigenvalue weighted by Gasteiger charge is -2.26. The number of amides is 1. The first-order valence-corrected chi connectivity index (χ1v) is 5.86. The number of anilines is 1. The van der Waals surface area contributed by atoms with Gasteiger partial charge in [-0.25, -0.2) is 0 Å². The Morgan fingerprint density at radius 1 is 1.35 bits per heavy atom. The minimum Gasteiger partial charge on any atom is -0.384 e. The Balaban J connectivity index is 1.69. The number of carbonyl (C=O) groups excluding carboxylic acids is 1. The van der Waals surface area contributed by atoms with Crippen molar-refractivity contribution in [2.24, 2.45) is 0 Å². The Hall–Kier alpha value is -1.62. The topological polar surface area (TPSA) is 54.5 Å². The van der Waals surface area contributed by atoms with Crippen LogP contribution >= 0.6 is 0 Å². The van der Waals surface area contributed by atoms with Gasteiger partial charge in [0.15, 0.2) is 0 Å². The number of aromatic nitrogens is 1. The number of rotatable bonds is 4. The van der Waals surface area contributed by atoms with E-state index in [2.05, 4.69) is 10.3 Å². The molecule has 0 radical (unpaired) electrons. The van der Waals surface area contributed by atoms with Crippen molar-refractivity contribution >= 4 is 11.6 Å². The average Bonchev–Trinajstić information content (AvgIpc) is 2.41. The maximum Gasteiger partial charge on any atom is 0.224 e. The van der Waals surface area contributed by atoms with Crippen LogP contribution in [-0.2, 0) is 9.53 Å². The van der Waals surface area contributed by atoms with Gasteiger partial charge in [0.2, 0.25) is 5.91 Å². The van der Waals surface area contributed by atoms with Crippen LogP contribution in [0.25, 0.3) is 0 Å². The zero-order chi connectivity index (χ0) is 11.9. The first kappa shape index (κ1) is 11.9. The van der Waals surface area contributed by atoms with Crippen LogP contribution < -0.4 is 5.32 Å². The van der Waals surface area contributed by atoms with E-state index in [1.54, 1.807) is 12.4 Å². The summed E-state index contributed by atoms with van der Waals surface area (Å²) in [5.41, 5.74) is 0.995. The van der Waals surface area contributed by atoms with Crippen molar-refractivity contribution in [2.75, 3.05) is 38.2 Å². The molecule has 1 aromatic rings. The molecule has 0 aromatic carbocycles. The summed E-state index contributed by atoms with van der Waals surface area (Å²) in [7, 11) is 0. The zero-order valence-electron chi connectivity index (χ0n) is 9.76. The molecule has 1 aliphatic heterocycles. The minimum atomic E-state index is 0.190. The lowest BCUT2D eigenvalue weighted by atomic mass is 10.3. The number of nitrogens with one attached hydrogen (secondary N) is 1. The molecule has 0 atom stereocenters. The first-order valence-electron chi connectivity index (χ1n) is 5.86. The van der Waals surface area contributed by atoms with Crippen molar-refractivity contribution < 1.29 is 9.53 Å². The van der Waals surface area contributed by atoms with Gasteiger partial charge in [-0.3, -0.25) is 9.78 Å². The summed E-state index contributed by atoms with van der Waals surface area (Å²) in [5, 5.41) is 3.20. The monoisotopic (exact) mass is 235 g/mol. The van der Waals surface area contributed by atoms with Crippen LogP contribution in [0.4, 0.5) is 5.69 Å². The number of ether oxygens (including phenoxy) is 1. The molecule has 0 unspecified atom stereocenters. The van der Waals surface area contributed by atoms with Crippen molar-refractivity contribution in [1.82, 2.24) is 9.88 Å². The van der Waals surface area contributed by atoms with E-state index >= 15 is 0 Å². The minimum absolute atomic E-state index is 0.190. The summed E-state index contributed by atoms with van der Waals surface area (Å²) in [6, 6.07) is 3.78. The number of carbonyl (C=O) groups is 1. The normalized spacial score (nSPS) is 15.6. The van der Waals surface area contributed by atoms with E-state index in [0.29, 0.717) is 39.3 Å². The summed E-state index contributed by atoms with van der Waals surface area (Å²) >= 11 is 0. The van der Waals surface area contributed by atoms with Gasteiger partial charge >= 0.3 is 0 Å². The molecule has 17 heavy (non-hydrogen) atoms. The van der Waals surface area contributed by atoms with Gasteiger partial charge in [-0.2, -0.15) is 0 Å². The second-order valence-electron chi connectivity index (χ2n) is 3.91. The maximum absolute atomic E-state index is 11.8. The molecule has 1 fully saturated rings. The molecule has 92 valence electrons. The van der Waals surface area contributed by atoms with Gasteiger partial charge in [0.05, 0.1) is 13.2 Å². The number of pyridine rings is 1. The van der Waals surface area contributed by atoms with Gasteiger partial charge in [0.25, 0.3) is 0 Å². The molecule has 1 aromatic heterocycles. The van der Waals surface area contributed by atoms with E-state index in [4.69, 9.17) is 4.74 Å². The molecular formula is C12H17N3O2. The van der Waals surface area contributed by atoms with Crippen LogP contribution in [-0.4, -0.2) is 48.6 Å². The summed E-state index contributed by atoms with van der Waals surface area (Å²) < 4.78 is 5.21. The molecule has 5 heteroatoms. The number of nitrogens with zero attached hydrogens (tertiary/aromatic N) is 2. The maximum atomic E-state index is 11.8. The van der Waals surface area contributed by atoms with E-state index in [9.17, 15) is 4.79 Å². The van der Waals surface area contributed by atoms with Crippen LogP contribution in [0, 0.1) is 0 Å². The van der Waals surface area contributed by atoms with Gasteiger partial charge < -0.3 is 15.0 Å². The SMILES string of the molecule is O=C(CCNc1ccncc1)N1CCOCC1. The fourth-order valence-corrected chi connectivity index (χ4v) is 1.75. The molecule has 2 rings (SSSR count). The highest BCUT2D eigenvalue weighted by Crippen LogP contribution is 2.04. The van der Waals surface area contributed by atoms with E-state index in [1.807, 2.05) is 17.0 Å². The number of morpholine rings is 1. The van der Waals surface area contributed by atoms with Crippen molar-refractivity contribution in [3.05, 3.63) is 24.5 Å². The molecular weight excluding hydrogens is 218 g/mol. The smallest absolute Gasteiger partial charge is 0.224 e. The van der Waals surface area contributed by atoms with Gasteiger partial charge in [-0.15, -0.1) is 0 Å². The van der Waals surface area contributed by atoms with Crippen LogP contribution in [0.1, 0.15) is 6.42 Å². The second-order valence-corrected chi connectivity index (χ2v) is 3.91. The van der Waals surface area contributed by atoms with Gasteiger partial charge in [0.1, 0.15) is 0 Å². The third-order valence-electron chi connectivity index (χ3n) is 2.71. The molecule has 0 aliphatic carbocycles. The summed E-state index contributed by atoms with van der Waals surface area (Å²) in [6.45, 7) is 3.40. The van der Waals surface area contributed by atoms with Gasteiger partial charge in [0, 0.05) is 44.1 Å². The standard InChI is InChI=1S/C12H17N3O2/c16-12(15-7-9-17-10-8-15)3-6-14-11-1-4-13-5-2-11/h1-2,4-5H,3,6-10H2,(H,13,14). The average molecular weight is 235 g/mol. The Bertz CT molecular complexity index is 350. The Labute approximate surface area is 101 Å². The quantitative estimate of drug-likeness (QED) is 0.836. The molecule has 2 heterocycles. The Kier molecular flexibility index (Phi) is 4.32. The zero-order valence-corrected chi connectivity index (χ0v) is 9.76. The lowest BCUT2D eigenvalue weighted by Crippen LogP contribution is -2.41. The van der Waals surface area contributed by atoms with Gasteiger partial charge in [-0.1, -0.05) is 0 Å². The molecule has 0 bridgehead atoms. The summed E-state index contributed by atoms with van der Waals surface area (Å²) in [6.07, 6.45) is 3.97. The number of hydrogen-bond donors (Lipinski definition) is 1. The first-order chi connectivity index (χ1) is 8.36. The third kappa shape index (κ3) is 3.71. The molecule has 0 saturated carbocycles. The number of hydrogen-bond acceptors (Lipinski definition) is 4. The van der Waals surface area contributed by atoms with Crippen molar-refractivity contribution in [3.8, 4) is 0 Å². The predicted octanol–water partition coefficient (Wildman–Crippen LogP) is 0.742. The third-order valence-corrected chi connectivity index (χ3v) is 2.71. The second kappa shape index (κ2) is 6.20. The summed E-state index contributed by atoms with van der Waals surface area (Å²) in [4.78, 5) is 17.6. The predicted molar refractivity (Wildman–Crippen MR) is 64.7 cm³/mol. The highest BCUT2D eigenvalue weighted by molar-refractivity contribution is 5.76. The molecule has 1 saturated heterocycles. The van der Waals surface area contributed by atoms with E-state index in [0.717, 1.165) is 5.69 Å². The van der Waals surface area contributed by atoms with E-state index in [1.165, 1.54) is 0 Å². The van der Waals surface area contributed by atoms with Crippen LogP contribution in [0.2, 0.25) is 0 Å². The Morgan fingerprint density at radius 3 is 2.76 bits per heavy atom. The van der Waals surface area contributed by atoms with Crippen LogP contribution in [0.3, 0.4) is 0 Å². The lowest BCUT2D eigenvalue weighted by molar-refractivity contribution is -0.134. The highest BCUT2D eigenvalue weighted by Gasteiger charge is 2.15.